The first-order valence-electron chi connectivity index (χ1n) is 7.64. The summed E-state index contributed by atoms with van der Waals surface area (Å²) in [6.07, 6.45) is 3.17. The van der Waals surface area contributed by atoms with Crippen LogP contribution in [0.5, 0.6) is 0 Å². The van der Waals surface area contributed by atoms with Gasteiger partial charge in [0, 0.05) is 7.05 Å². The van der Waals surface area contributed by atoms with Crippen molar-refractivity contribution in [2.75, 3.05) is 13.6 Å². The smallest absolute Gasteiger partial charge is 0.236 e. The zero-order valence-electron chi connectivity index (χ0n) is 12.8. The van der Waals surface area contributed by atoms with Gasteiger partial charge in [0.05, 0.1) is 6.04 Å². The van der Waals surface area contributed by atoms with Gasteiger partial charge >= 0.3 is 0 Å². The van der Waals surface area contributed by atoms with Gasteiger partial charge in [-0.3, -0.25) is 4.79 Å². The van der Waals surface area contributed by atoms with E-state index in [-0.39, 0.29) is 11.9 Å². The van der Waals surface area contributed by atoms with Crippen LogP contribution in [0.15, 0.2) is 24.3 Å². The second-order valence-corrected chi connectivity index (χ2v) is 6.11. The normalized spacial score (nSPS) is 22.8. The standard InChI is InChI=1S/C17H26N2O/c1-12(2)15-6-4-13(5-7-15)10-14-8-9-19-16(11-14)17(20)18-3/h4-7,12,14,16,19H,8-11H2,1-3H3,(H,18,20). The van der Waals surface area contributed by atoms with E-state index in [1.807, 2.05) is 0 Å². The van der Waals surface area contributed by atoms with Crippen molar-refractivity contribution in [2.24, 2.45) is 5.92 Å². The molecule has 1 aliphatic heterocycles. The fourth-order valence-electron chi connectivity index (χ4n) is 2.93. The number of rotatable bonds is 4. The summed E-state index contributed by atoms with van der Waals surface area (Å²) in [5.41, 5.74) is 2.78. The Morgan fingerprint density at radius 2 is 2.05 bits per heavy atom. The van der Waals surface area contributed by atoms with E-state index in [9.17, 15) is 4.79 Å². The maximum atomic E-state index is 11.7. The predicted octanol–water partition coefficient (Wildman–Crippen LogP) is 2.47. The Morgan fingerprint density at radius 1 is 1.35 bits per heavy atom. The van der Waals surface area contributed by atoms with Crippen LogP contribution >= 0.6 is 0 Å². The molecule has 0 aromatic heterocycles. The molecule has 0 radical (unpaired) electrons. The molecule has 2 rings (SSSR count). The van der Waals surface area contributed by atoms with Gasteiger partial charge < -0.3 is 10.6 Å². The van der Waals surface area contributed by atoms with E-state index in [4.69, 9.17) is 0 Å². The number of carbonyl (C=O) groups excluding carboxylic acids is 1. The maximum Gasteiger partial charge on any atom is 0.236 e. The minimum Gasteiger partial charge on any atom is -0.358 e. The first-order valence-corrected chi connectivity index (χ1v) is 7.64. The van der Waals surface area contributed by atoms with Crippen molar-refractivity contribution in [1.29, 1.82) is 0 Å². The largest absolute Gasteiger partial charge is 0.358 e. The molecule has 20 heavy (non-hydrogen) atoms. The van der Waals surface area contributed by atoms with Crippen molar-refractivity contribution >= 4 is 5.91 Å². The molecule has 1 saturated heterocycles. The maximum absolute atomic E-state index is 11.7. The summed E-state index contributed by atoms with van der Waals surface area (Å²) in [5, 5.41) is 6.04. The Kier molecular flexibility index (Phi) is 5.18. The Morgan fingerprint density at radius 3 is 2.65 bits per heavy atom. The fraction of sp³-hybridized carbons (Fsp3) is 0.588. The number of hydrogen-bond acceptors (Lipinski definition) is 2. The summed E-state index contributed by atoms with van der Waals surface area (Å²) in [4.78, 5) is 11.7. The third kappa shape index (κ3) is 3.83. The third-order valence-corrected chi connectivity index (χ3v) is 4.25. The van der Waals surface area contributed by atoms with Crippen molar-refractivity contribution in [3.05, 3.63) is 35.4 Å². The zero-order valence-corrected chi connectivity index (χ0v) is 12.8. The number of carbonyl (C=O) groups is 1. The SMILES string of the molecule is CNC(=O)C1CC(Cc2ccc(C(C)C)cc2)CCN1. The quantitative estimate of drug-likeness (QED) is 0.885. The Balaban J connectivity index is 1.94. The highest BCUT2D eigenvalue weighted by Gasteiger charge is 2.26. The van der Waals surface area contributed by atoms with Crippen molar-refractivity contribution in [1.82, 2.24) is 10.6 Å². The average molecular weight is 274 g/mol. The molecule has 1 aromatic rings. The van der Waals surface area contributed by atoms with E-state index in [0.717, 1.165) is 25.8 Å². The summed E-state index contributed by atoms with van der Waals surface area (Å²) in [5.74, 6) is 1.30. The molecule has 0 saturated carbocycles. The van der Waals surface area contributed by atoms with Crippen LogP contribution in [0, 0.1) is 5.92 Å². The van der Waals surface area contributed by atoms with Gasteiger partial charge in [-0.25, -0.2) is 0 Å². The van der Waals surface area contributed by atoms with Crippen molar-refractivity contribution in [2.45, 2.75) is 45.1 Å². The van der Waals surface area contributed by atoms with Crippen LogP contribution in [-0.2, 0) is 11.2 Å². The number of amides is 1. The van der Waals surface area contributed by atoms with Crippen LogP contribution < -0.4 is 10.6 Å². The van der Waals surface area contributed by atoms with Crippen molar-refractivity contribution in [3.8, 4) is 0 Å². The molecule has 1 heterocycles. The molecular weight excluding hydrogens is 248 g/mol. The van der Waals surface area contributed by atoms with Gasteiger partial charge in [-0.05, 0) is 48.8 Å². The predicted molar refractivity (Wildman–Crippen MR) is 82.8 cm³/mol. The van der Waals surface area contributed by atoms with Gasteiger partial charge in [-0.2, -0.15) is 0 Å². The Bertz CT molecular complexity index is 439. The van der Waals surface area contributed by atoms with E-state index in [1.165, 1.54) is 11.1 Å². The highest BCUT2D eigenvalue weighted by Crippen LogP contribution is 2.22. The lowest BCUT2D eigenvalue weighted by atomic mass is 9.86. The van der Waals surface area contributed by atoms with Crippen molar-refractivity contribution < 1.29 is 4.79 Å². The molecule has 1 aromatic carbocycles. The number of nitrogens with one attached hydrogen (secondary N) is 2. The van der Waals surface area contributed by atoms with Gasteiger partial charge in [-0.1, -0.05) is 38.1 Å². The van der Waals surface area contributed by atoms with Gasteiger partial charge in [0.15, 0.2) is 0 Å². The van der Waals surface area contributed by atoms with Crippen LogP contribution in [0.4, 0.5) is 0 Å². The summed E-state index contributed by atoms with van der Waals surface area (Å²) in [6.45, 7) is 5.37. The van der Waals surface area contributed by atoms with E-state index >= 15 is 0 Å². The first kappa shape index (κ1) is 15.0. The van der Waals surface area contributed by atoms with Gasteiger partial charge in [0.25, 0.3) is 0 Å². The lowest BCUT2D eigenvalue weighted by Gasteiger charge is -2.29. The van der Waals surface area contributed by atoms with E-state index in [2.05, 4.69) is 48.7 Å². The monoisotopic (exact) mass is 274 g/mol. The summed E-state index contributed by atoms with van der Waals surface area (Å²) < 4.78 is 0. The minimum atomic E-state index is -0.0197. The fourth-order valence-corrected chi connectivity index (χ4v) is 2.93. The first-order chi connectivity index (χ1) is 9.60. The molecule has 0 aliphatic carbocycles. The molecule has 0 spiro atoms. The summed E-state index contributed by atoms with van der Waals surface area (Å²) >= 11 is 0. The molecule has 1 fully saturated rings. The highest BCUT2D eigenvalue weighted by atomic mass is 16.2. The third-order valence-electron chi connectivity index (χ3n) is 4.25. The molecule has 0 bridgehead atoms. The van der Waals surface area contributed by atoms with Crippen molar-refractivity contribution in [3.63, 3.8) is 0 Å². The van der Waals surface area contributed by atoms with Crippen LogP contribution in [0.25, 0.3) is 0 Å². The lowest BCUT2D eigenvalue weighted by molar-refractivity contribution is -0.123. The average Bonchev–Trinajstić information content (AvgIpc) is 2.47. The van der Waals surface area contributed by atoms with Gasteiger partial charge in [0.2, 0.25) is 5.91 Å². The van der Waals surface area contributed by atoms with E-state index in [0.29, 0.717) is 11.8 Å². The summed E-state index contributed by atoms with van der Waals surface area (Å²) in [6, 6.07) is 8.93. The molecule has 1 aliphatic rings. The van der Waals surface area contributed by atoms with Crippen LogP contribution in [0.2, 0.25) is 0 Å². The molecule has 110 valence electrons. The topological polar surface area (TPSA) is 41.1 Å². The lowest BCUT2D eigenvalue weighted by Crippen LogP contribution is -2.48. The number of benzene rings is 1. The van der Waals surface area contributed by atoms with Gasteiger partial charge in [-0.15, -0.1) is 0 Å². The van der Waals surface area contributed by atoms with Crippen LogP contribution in [0.1, 0.15) is 43.7 Å². The van der Waals surface area contributed by atoms with E-state index < -0.39 is 0 Å². The minimum absolute atomic E-state index is 0.0197. The molecule has 2 atom stereocenters. The second-order valence-electron chi connectivity index (χ2n) is 6.11. The molecule has 1 amide bonds. The van der Waals surface area contributed by atoms with Crippen LogP contribution in [-0.4, -0.2) is 25.5 Å². The highest BCUT2D eigenvalue weighted by molar-refractivity contribution is 5.81. The molecule has 2 unspecified atom stereocenters. The Hall–Kier alpha value is -1.35. The Labute approximate surface area is 122 Å². The number of piperidine rings is 1. The second kappa shape index (κ2) is 6.89. The number of hydrogen-bond donors (Lipinski definition) is 2. The van der Waals surface area contributed by atoms with Crippen LogP contribution in [0.3, 0.4) is 0 Å². The molecular formula is C17H26N2O. The molecule has 2 N–H and O–H groups in total. The van der Waals surface area contributed by atoms with E-state index in [1.54, 1.807) is 7.05 Å². The number of likely N-dealkylation sites (N-methyl/N-ethyl adjacent to an activating group) is 1. The zero-order chi connectivity index (χ0) is 14.5. The molecule has 3 nitrogen and oxygen atoms in total. The summed E-state index contributed by atoms with van der Waals surface area (Å²) in [7, 11) is 1.71. The van der Waals surface area contributed by atoms with Gasteiger partial charge in [0.1, 0.15) is 0 Å². The molecule has 3 heteroatoms.